The van der Waals surface area contributed by atoms with Gasteiger partial charge in [-0.25, -0.2) is 8.42 Å². The van der Waals surface area contributed by atoms with Crippen molar-refractivity contribution < 1.29 is 17.9 Å². The lowest BCUT2D eigenvalue weighted by Crippen LogP contribution is -2.41. The van der Waals surface area contributed by atoms with Gasteiger partial charge in [0.1, 0.15) is 5.69 Å². The zero-order valence-electron chi connectivity index (χ0n) is 13.9. The van der Waals surface area contributed by atoms with Crippen LogP contribution in [0.5, 0.6) is 0 Å². The molecule has 134 valence electrons. The van der Waals surface area contributed by atoms with Gasteiger partial charge in [-0.05, 0) is 19.4 Å². The number of nitrogens with one attached hydrogen (secondary N) is 1. The van der Waals surface area contributed by atoms with Crippen LogP contribution in [0.25, 0.3) is 0 Å². The summed E-state index contributed by atoms with van der Waals surface area (Å²) >= 11 is 0. The predicted molar refractivity (Wildman–Crippen MR) is 88.9 cm³/mol. The molecule has 24 heavy (non-hydrogen) atoms. The summed E-state index contributed by atoms with van der Waals surface area (Å²) in [5.41, 5.74) is 1.16. The highest BCUT2D eigenvalue weighted by Gasteiger charge is 2.31. The first kappa shape index (κ1) is 17.4. The highest BCUT2D eigenvalue weighted by atomic mass is 32.2. The Kier molecular flexibility index (Phi) is 5.21. The van der Waals surface area contributed by atoms with E-state index in [2.05, 4.69) is 15.3 Å². The Morgan fingerprint density at radius 2 is 2.17 bits per heavy atom. The highest BCUT2D eigenvalue weighted by molar-refractivity contribution is 7.91. The molecule has 1 aromatic rings. The molecule has 1 N–H and O–H groups in total. The van der Waals surface area contributed by atoms with E-state index in [4.69, 9.17) is 4.74 Å². The molecule has 8 nitrogen and oxygen atoms in total. The van der Waals surface area contributed by atoms with Crippen molar-refractivity contribution in [3.8, 4) is 0 Å². The number of morpholine rings is 1. The largest absolute Gasteiger partial charge is 0.379 e. The molecule has 1 unspecified atom stereocenters. The van der Waals surface area contributed by atoms with Gasteiger partial charge in [0.05, 0.1) is 30.8 Å². The zero-order chi connectivity index (χ0) is 17.2. The molecule has 0 spiro atoms. The van der Waals surface area contributed by atoms with Gasteiger partial charge < -0.3 is 10.1 Å². The van der Waals surface area contributed by atoms with Gasteiger partial charge in [0.25, 0.3) is 5.91 Å². The van der Waals surface area contributed by atoms with Gasteiger partial charge in [0, 0.05) is 31.9 Å². The molecule has 1 amide bonds. The van der Waals surface area contributed by atoms with E-state index >= 15 is 0 Å². The maximum Gasteiger partial charge on any atom is 0.271 e. The van der Waals surface area contributed by atoms with E-state index in [1.807, 2.05) is 6.92 Å². The summed E-state index contributed by atoms with van der Waals surface area (Å²) < 4.78 is 30.2. The number of hydrogen-bond donors (Lipinski definition) is 1. The minimum atomic E-state index is -2.98. The highest BCUT2D eigenvalue weighted by Crippen LogP contribution is 2.24. The van der Waals surface area contributed by atoms with Crippen molar-refractivity contribution in [2.45, 2.75) is 19.4 Å². The number of amides is 1. The van der Waals surface area contributed by atoms with Gasteiger partial charge in [-0.1, -0.05) is 0 Å². The molecule has 2 aliphatic rings. The molecule has 0 radical (unpaired) electrons. The SMILES string of the molecule is Cc1cc(C(=O)NCCN2CCOCC2)nn1C1CCS(=O)(=O)C1. The Morgan fingerprint density at radius 1 is 1.42 bits per heavy atom. The number of rotatable bonds is 5. The van der Waals surface area contributed by atoms with Crippen LogP contribution in [0.2, 0.25) is 0 Å². The number of carbonyl (C=O) groups excluding carboxylic acids is 1. The van der Waals surface area contributed by atoms with Crippen LogP contribution in [-0.2, 0) is 14.6 Å². The van der Waals surface area contributed by atoms with E-state index in [-0.39, 0.29) is 23.5 Å². The Labute approximate surface area is 142 Å². The molecular weight excluding hydrogens is 332 g/mol. The van der Waals surface area contributed by atoms with Crippen LogP contribution in [0.1, 0.15) is 28.6 Å². The molecule has 3 heterocycles. The van der Waals surface area contributed by atoms with Crippen molar-refractivity contribution in [3.05, 3.63) is 17.5 Å². The first-order valence-corrected chi connectivity index (χ1v) is 10.1. The van der Waals surface area contributed by atoms with Crippen molar-refractivity contribution in [3.63, 3.8) is 0 Å². The number of carbonyl (C=O) groups is 1. The third kappa shape index (κ3) is 4.14. The van der Waals surface area contributed by atoms with Crippen LogP contribution in [0.15, 0.2) is 6.07 Å². The molecule has 2 aliphatic heterocycles. The topological polar surface area (TPSA) is 93.5 Å². The van der Waals surface area contributed by atoms with E-state index in [9.17, 15) is 13.2 Å². The Hall–Kier alpha value is -1.45. The average Bonchev–Trinajstić information content (AvgIpc) is 3.10. The van der Waals surface area contributed by atoms with E-state index < -0.39 is 9.84 Å². The molecule has 9 heteroatoms. The Balaban J connectivity index is 1.54. The molecule has 1 atom stereocenters. The smallest absolute Gasteiger partial charge is 0.271 e. The lowest BCUT2D eigenvalue weighted by molar-refractivity contribution is 0.0383. The van der Waals surface area contributed by atoms with Gasteiger partial charge in [0.15, 0.2) is 9.84 Å². The van der Waals surface area contributed by atoms with Crippen molar-refractivity contribution in [1.29, 1.82) is 0 Å². The molecule has 1 aromatic heterocycles. The Morgan fingerprint density at radius 3 is 2.83 bits per heavy atom. The summed E-state index contributed by atoms with van der Waals surface area (Å²) in [4.78, 5) is 14.5. The van der Waals surface area contributed by atoms with Gasteiger partial charge in [-0.3, -0.25) is 14.4 Å². The number of aryl methyl sites for hydroxylation is 1. The average molecular weight is 356 g/mol. The third-order valence-electron chi connectivity index (χ3n) is 4.53. The van der Waals surface area contributed by atoms with Crippen LogP contribution < -0.4 is 5.32 Å². The summed E-state index contributed by atoms with van der Waals surface area (Å²) in [7, 11) is -2.98. The van der Waals surface area contributed by atoms with Crippen molar-refractivity contribution in [2.24, 2.45) is 0 Å². The predicted octanol–water partition coefficient (Wildman–Crippen LogP) is -0.387. The second-order valence-electron chi connectivity index (χ2n) is 6.38. The molecule has 0 saturated carbocycles. The molecule has 0 bridgehead atoms. The van der Waals surface area contributed by atoms with Crippen LogP contribution in [0.4, 0.5) is 0 Å². The summed E-state index contributed by atoms with van der Waals surface area (Å²) in [6.07, 6.45) is 0.558. The van der Waals surface area contributed by atoms with E-state index in [1.54, 1.807) is 10.7 Å². The minimum Gasteiger partial charge on any atom is -0.379 e. The number of nitrogens with zero attached hydrogens (tertiary/aromatic N) is 3. The molecule has 2 fully saturated rings. The second kappa shape index (κ2) is 7.20. The normalized spacial score (nSPS) is 24.1. The van der Waals surface area contributed by atoms with Crippen LogP contribution in [0.3, 0.4) is 0 Å². The van der Waals surface area contributed by atoms with Gasteiger partial charge in [-0.2, -0.15) is 5.10 Å². The van der Waals surface area contributed by atoms with Crippen LogP contribution in [-0.4, -0.2) is 79.9 Å². The van der Waals surface area contributed by atoms with Gasteiger partial charge in [0.2, 0.25) is 0 Å². The third-order valence-corrected chi connectivity index (χ3v) is 6.28. The number of sulfone groups is 1. The van der Waals surface area contributed by atoms with Crippen molar-refractivity contribution >= 4 is 15.7 Å². The van der Waals surface area contributed by atoms with E-state index in [0.717, 1.165) is 38.5 Å². The summed E-state index contributed by atoms with van der Waals surface area (Å²) in [5.74, 6) is 0.0806. The fourth-order valence-corrected chi connectivity index (χ4v) is 4.87. The lowest BCUT2D eigenvalue weighted by atomic mass is 10.2. The fourth-order valence-electron chi connectivity index (χ4n) is 3.18. The molecule has 2 saturated heterocycles. The van der Waals surface area contributed by atoms with Gasteiger partial charge in [-0.15, -0.1) is 0 Å². The summed E-state index contributed by atoms with van der Waals surface area (Å²) in [6.45, 7) is 6.45. The minimum absolute atomic E-state index is 0.105. The summed E-state index contributed by atoms with van der Waals surface area (Å²) in [6, 6.07) is 1.56. The van der Waals surface area contributed by atoms with Gasteiger partial charge >= 0.3 is 0 Å². The van der Waals surface area contributed by atoms with Crippen LogP contribution >= 0.6 is 0 Å². The maximum absolute atomic E-state index is 12.2. The molecular formula is C15H24N4O4S. The summed E-state index contributed by atoms with van der Waals surface area (Å²) in [5, 5.41) is 7.21. The van der Waals surface area contributed by atoms with E-state index in [1.165, 1.54) is 0 Å². The standard InChI is InChI=1S/C15H24N4O4S/c1-12-10-14(17-19(12)13-2-9-24(21,22)11-13)15(20)16-3-4-18-5-7-23-8-6-18/h10,13H,2-9,11H2,1H3,(H,16,20). The number of aromatic nitrogens is 2. The monoisotopic (exact) mass is 356 g/mol. The quantitative estimate of drug-likeness (QED) is 0.773. The van der Waals surface area contributed by atoms with E-state index in [0.29, 0.717) is 18.7 Å². The first-order valence-electron chi connectivity index (χ1n) is 8.29. The maximum atomic E-state index is 12.2. The molecule has 0 aliphatic carbocycles. The second-order valence-corrected chi connectivity index (χ2v) is 8.61. The fraction of sp³-hybridized carbons (Fsp3) is 0.733. The first-order chi connectivity index (χ1) is 11.4. The van der Waals surface area contributed by atoms with Crippen molar-refractivity contribution in [1.82, 2.24) is 20.0 Å². The lowest BCUT2D eigenvalue weighted by Gasteiger charge is -2.26. The van der Waals surface area contributed by atoms with Crippen LogP contribution in [0, 0.1) is 6.92 Å². The molecule has 0 aromatic carbocycles. The zero-order valence-corrected chi connectivity index (χ0v) is 14.7. The van der Waals surface area contributed by atoms with Crippen molar-refractivity contribution in [2.75, 3.05) is 50.9 Å². The molecule has 3 rings (SSSR count). The number of ether oxygens (including phenoxy) is 1. The number of hydrogen-bond acceptors (Lipinski definition) is 6. The Bertz CT molecular complexity index is 694.